The molecule has 0 aliphatic rings. The maximum atomic E-state index is 12.6. The van der Waals surface area contributed by atoms with E-state index in [4.69, 9.17) is 19.4 Å². The molecule has 0 bridgehead atoms. The molecule has 5 heteroatoms. The predicted octanol–water partition coefficient (Wildman–Crippen LogP) is 7.36. The zero-order chi connectivity index (χ0) is 24.7. The number of carbonyl (C=O) groups is 1. The van der Waals surface area contributed by atoms with Crippen LogP contribution in [0.15, 0.2) is 103 Å². The van der Waals surface area contributed by atoms with Gasteiger partial charge in [-0.15, -0.1) is 0 Å². The summed E-state index contributed by atoms with van der Waals surface area (Å²) < 4.78 is 11.3. The highest BCUT2D eigenvalue weighted by Crippen LogP contribution is 2.32. The summed E-state index contributed by atoms with van der Waals surface area (Å²) in [6, 6.07) is 32.2. The van der Waals surface area contributed by atoms with Crippen LogP contribution in [0.1, 0.15) is 30.1 Å². The van der Waals surface area contributed by atoms with Gasteiger partial charge in [-0.25, -0.2) is 14.8 Å². The van der Waals surface area contributed by atoms with Gasteiger partial charge in [0, 0.05) is 11.1 Å². The molecule has 0 aliphatic carbocycles. The summed E-state index contributed by atoms with van der Waals surface area (Å²) in [6.45, 7) is 2.78. The molecule has 0 atom stereocenters. The Labute approximate surface area is 210 Å². The minimum atomic E-state index is -0.418. The van der Waals surface area contributed by atoms with Gasteiger partial charge >= 0.3 is 5.97 Å². The summed E-state index contributed by atoms with van der Waals surface area (Å²) in [5.74, 6) is 0.787. The lowest BCUT2D eigenvalue weighted by molar-refractivity contribution is 0.0734. The Hall–Kier alpha value is -4.51. The highest BCUT2D eigenvalue weighted by molar-refractivity contribution is 5.91. The van der Waals surface area contributed by atoms with Crippen LogP contribution in [0.25, 0.3) is 33.5 Å². The molecule has 0 radical (unpaired) electrons. The van der Waals surface area contributed by atoms with E-state index in [0.717, 1.165) is 52.1 Å². The lowest BCUT2D eigenvalue weighted by Gasteiger charge is -2.11. The van der Waals surface area contributed by atoms with Crippen LogP contribution in [-0.4, -0.2) is 22.5 Å². The SMILES string of the molecule is CCCCOc1ccc(C(=O)Oc2ccc(-c3nc4ccccc4nc3-c3ccccc3)cc2)cc1. The smallest absolute Gasteiger partial charge is 0.343 e. The second kappa shape index (κ2) is 10.8. The van der Waals surface area contributed by atoms with Crippen LogP contribution in [0.3, 0.4) is 0 Å². The van der Waals surface area contributed by atoms with E-state index in [1.54, 1.807) is 36.4 Å². The van der Waals surface area contributed by atoms with Crippen LogP contribution in [0.4, 0.5) is 0 Å². The lowest BCUT2D eigenvalue weighted by atomic mass is 10.0. The number of nitrogens with zero attached hydrogens (tertiary/aromatic N) is 2. The van der Waals surface area contributed by atoms with E-state index >= 15 is 0 Å². The highest BCUT2D eigenvalue weighted by Gasteiger charge is 2.14. The average Bonchev–Trinajstić information content (AvgIpc) is 2.94. The fourth-order valence-electron chi connectivity index (χ4n) is 3.87. The van der Waals surface area contributed by atoms with Gasteiger partial charge in [0.15, 0.2) is 0 Å². The summed E-state index contributed by atoms with van der Waals surface area (Å²) in [6.07, 6.45) is 2.07. The second-order valence-electron chi connectivity index (χ2n) is 8.42. The number of hydrogen-bond donors (Lipinski definition) is 0. The van der Waals surface area contributed by atoms with E-state index in [1.165, 1.54) is 0 Å². The van der Waals surface area contributed by atoms with Crippen molar-refractivity contribution in [3.63, 3.8) is 0 Å². The highest BCUT2D eigenvalue weighted by atomic mass is 16.5. The lowest BCUT2D eigenvalue weighted by Crippen LogP contribution is -2.08. The molecular weight excluding hydrogens is 448 g/mol. The quantitative estimate of drug-likeness (QED) is 0.134. The van der Waals surface area contributed by atoms with Crippen LogP contribution in [0.2, 0.25) is 0 Å². The van der Waals surface area contributed by atoms with Gasteiger partial charge < -0.3 is 9.47 Å². The minimum Gasteiger partial charge on any atom is -0.494 e. The summed E-state index contributed by atoms with van der Waals surface area (Å²) in [4.78, 5) is 22.5. The largest absolute Gasteiger partial charge is 0.494 e. The minimum absolute atomic E-state index is 0.418. The van der Waals surface area contributed by atoms with Gasteiger partial charge in [0.05, 0.1) is 34.6 Å². The van der Waals surface area contributed by atoms with Crippen molar-refractivity contribution in [2.45, 2.75) is 19.8 Å². The van der Waals surface area contributed by atoms with Crippen molar-refractivity contribution in [3.8, 4) is 34.0 Å². The Morgan fingerprint density at radius 2 is 1.22 bits per heavy atom. The number of esters is 1. The van der Waals surface area contributed by atoms with Gasteiger partial charge in [-0.3, -0.25) is 0 Å². The number of carbonyl (C=O) groups excluding carboxylic acids is 1. The van der Waals surface area contributed by atoms with Crippen molar-refractivity contribution in [2.75, 3.05) is 6.61 Å². The Morgan fingerprint density at radius 1 is 0.667 bits per heavy atom. The molecular formula is C31H26N2O3. The summed E-state index contributed by atoms with van der Waals surface area (Å²) in [5.41, 5.74) is 5.59. The van der Waals surface area contributed by atoms with Gasteiger partial charge in [0.1, 0.15) is 11.5 Å². The number of ether oxygens (including phenoxy) is 2. The molecule has 0 fully saturated rings. The van der Waals surface area contributed by atoms with Gasteiger partial charge in [0.2, 0.25) is 0 Å². The molecule has 36 heavy (non-hydrogen) atoms. The number of para-hydroxylation sites is 2. The summed E-state index contributed by atoms with van der Waals surface area (Å²) in [5, 5.41) is 0. The first kappa shape index (κ1) is 23.2. The van der Waals surface area contributed by atoms with Crippen molar-refractivity contribution >= 4 is 17.0 Å². The van der Waals surface area contributed by atoms with Crippen molar-refractivity contribution in [1.82, 2.24) is 9.97 Å². The molecule has 1 heterocycles. The maximum Gasteiger partial charge on any atom is 0.343 e. The summed E-state index contributed by atoms with van der Waals surface area (Å²) >= 11 is 0. The Kier molecular flexibility index (Phi) is 6.99. The molecule has 0 saturated heterocycles. The fraction of sp³-hybridized carbons (Fsp3) is 0.129. The Morgan fingerprint density at radius 3 is 1.83 bits per heavy atom. The third-order valence-electron chi connectivity index (χ3n) is 5.81. The second-order valence-corrected chi connectivity index (χ2v) is 8.42. The zero-order valence-electron chi connectivity index (χ0n) is 20.1. The van der Waals surface area contributed by atoms with E-state index in [9.17, 15) is 4.79 Å². The number of hydrogen-bond acceptors (Lipinski definition) is 5. The van der Waals surface area contributed by atoms with E-state index in [2.05, 4.69) is 6.92 Å². The standard InChI is InChI=1S/C31H26N2O3/c1-2-3-21-35-25-17-15-24(16-18-25)31(34)36-26-19-13-23(14-20-26)30-29(22-9-5-4-6-10-22)32-27-11-7-8-12-28(27)33-30/h4-20H,2-3,21H2,1H3. The van der Waals surface area contributed by atoms with E-state index in [1.807, 2.05) is 66.7 Å². The number of benzene rings is 4. The predicted molar refractivity (Wildman–Crippen MR) is 142 cm³/mol. The number of aromatic nitrogens is 2. The normalized spacial score (nSPS) is 10.8. The molecule has 0 unspecified atom stereocenters. The van der Waals surface area contributed by atoms with Crippen LogP contribution >= 0.6 is 0 Å². The summed E-state index contributed by atoms with van der Waals surface area (Å²) in [7, 11) is 0. The Balaban J connectivity index is 1.37. The Bertz CT molecular complexity index is 1460. The first-order valence-electron chi connectivity index (χ1n) is 12.1. The third kappa shape index (κ3) is 5.26. The molecule has 0 spiro atoms. The van der Waals surface area contributed by atoms with Crippen LogP contribution in [0.5, 0.6) is 11.5 Å². The van der Waals surface area contributed by atoms with E-state index < -0.39 is 5.97 Å². The number of rotatable bonds is 8. The van der Waals surface area contributed by atoms with Crippen molar-refractivity contribution < 1.29 is 14.3 Å². The molecule has 0 N–H and O–H groups in total. The first-order chi connectivity index (χ1) is 17.7. The number of fused-ring (bicyclic) bond motifs is 1. The zero-order valence-corrected chi connectivity index (χ0v) is 20.1. The van der Waals surface area contributed by atoms with Gasteiger partial charge in [-0.1, -0.05) is 55.8 Å². The van der Waals surface area contributed by atoms with Crippen molar-refractivity contribution in [3.05, 3.63) is 109 Å². The van der Waals surface area contributed by atoms with Gasteiger partial charge in [-0.05, 0) is 67.1 Å². The monoisotopic (exact) mass is 474 g/mol. The van der Waals surface area contributed by atoms with E-state index in [-0.39, 0.29) is 0 Å². The molecule has 0 aliphatic heterocycles. The number of unbranched alkanes of at least 4 members (excludes halogenated alkanes) is 1. The molecule has 5 rings (SSSR count). The van der Waals surface area contributed by atoms with E-state index in [0.29, 0.717) is 17.9 Å². The third-order valence-corrected chi connectivity index (χ3v) is 5.81. The first-order valence-corrected chi connectivity index (χ1v) is 12.1. The van der Waals surface area contributed by atoms with Gasteiger partial charge in [0.25, 0.3) is 0 Å². The molecule has 0 saturated carbocycles. The molecule has 4 aromatic carbocycles. The maximum absolute atomic E-state index is 12.6. The van der Waals surface area contributed by atoms with Crippen LogP contribution < -0.4 is 9.47 Å². The van der Waals surface area contributed by atoms with Crippen molar-refractivity contribution in [2.24, 2.45) is 0 Å². The molecule has 5 aromatic rings. The fourth-order valence-corrected chi connectivity index (χ4v) is 3.87. The molecule has 178 valence electrons. The molecule has 5 nitrogen and oxygen atoms in total. The van der Waals surface area contributed by atoms with Crippen LogP contribution in [0, 0.1) is 0 Å². The topological polar surface area (TPSA) is 61.3 Å². The van der Waals surface area contributed by atoms with Crippen molar-refractivity contribution in [1.29, 1.82) is 0 Å². The molecule has 1 aromatic heterocycles. The van der Waals surface area contributed by atoms with Crippen LogP contribution in [-0.2, 0) is 0 Å². The molecule has 0 amide bonds. The average molecular weight is 475 g/mol. The van der Waals surface area contributed by atoms with Gasteiger partial charge in [-0.2, -0.15) is 0 Å².